The van der Waals surface area contributed by atoms with Crippen molar-refractivity contribution in [1.82, 2.24) is 4.98 Å². The third-order valence-corrected chi connectivity index (χ3v) is 7.41. The zero-order chi connectivity index (χ0) is 32.8. The van der Waals surface area contributed by atoms with Gasteiger partial charge in [-0.05, 0) is 59.7 Å². The van der Waals surface area contributed by atoms with Crippen molar-refractivity contribution in [3.8, 4) is 5.75 Å². The summed E-state index contributed by atoms with van der Waals surface area (Å²) in [6.07, 6.45) is 6.96. The number of anilines is 2. The zero-order valence-corrected chi connectivity index (χ0v) is 26.0. The molecule has 47 heavy (non-hydrogen) atoms. The molecule has 1 amide bonds. The van der Waals surface area contributed by atoms with Crippen molar-refractivity contribution in [2.24, 2.45) is 0 Å². The number of esters is 1. The number of para-hydroxylation sites is 2. The van der Waals surface area contributed by atoms with E-state index in [0.717, 1.165) is 16.8 Å². The first-order chi connectivity index (χ1) is 23.0. The Hall–Kier alpha value is -6.02. The third kappa shape index (κ3) is 9.02. The number of aromatic nitrogens is 1. The lowest BCUT2D eigenvalue weighted by molar-refractivity contribution is -0.141. The molecule has 0 aliphatic rings. The second-order valence-corrected chi connectivity index (χ2v) is 10.6. The van der Waals surface area contributed by atoms with Crippen molar-refractivity contribution in [2.45, 2.75) is 12.5 Å². The summed E-state index contributed by atoms with van der Waals surface area (Å²) in [5.74, 6) is -0.139. The SMILES string of the molecule is COC(=O)[C@H](Cc1ccc(OCCN(C(=O)/C=C/c2cccnc2)c2ccccc2)cc1)Nc1ccccc1C(=O)c1ccccc1. The minimum absolute atomic E-state index is 0.143. The van der Waals surface area contributed by atoms with Gasteiger partial charge in [0.1, 0.15) is 18.4 Å². The maximum absolute atomic E-state index is 13.2. The molecular formula is C39H35N3O5. The fourth-order valence-electron chi connectivity index (χ4n) is 4.99. The van der Waals surface area contributed by atoms with Crippen LogP contribution in [0.4, 0.5) is 11.4 Å². The molecule has 0 fully saturated rings. The molecule has 5 rings (SSSR count). The Labute approximate surface area is 274 Å². The van der Waals surface area contributed by atoms with Crippen molar-refractivity contribution < 1.29 is 23.9 Å². The molecule has 8 nitrogen and oxygen atoms in total. The fraction of sp³-hybridized carbons (Fsp3) is 0.128. The van der Waals surface area contributed by atoms with Crippen LogP contribution >= 0.6 is 0 Å². The first-order valence-electron chi connectivity index (χ1n) is 15.2. The number of nitrogens with one attached hydrogen (secondary N) is 1. The second-order valence-electron chi connectivity index (χ2n) is 10.6. The van der Waals surface area contributed by atoms with E-state index in [1.54, 1.807) is 53.7 Å². The van der Waals surface area contributed by atoms with Gasteiger partial charge in [0.2, 0.25) is 0 Å². The molecule has 0 aliphatic carbocycles. The number of ketones is 1. The molecule has 1 heterocycles. The van der Waals surface area contributed by atoms with E-state index < -0.39 is 12.0 Å². The van der Waals surface area contributed by atoms with Gasteiger partial charge in [-0.15, -0.1) is 0 Å². The molecule has 0 bridgehead atoms. The minimum Gasteiger partial charge on any atom is -0.492 e. The molecular weight excluding hydrogens is 590 g/mol. The highest BCUT2D eigenvalue weighted by Crippen LogP contribution is 2.22. The number of ether oxygens (including phenoxy) is 2. The van der Waals surface area contributed by atoms with E-state index in [2.05, 4.69) is 10.3 Å². The largest absolute Gasteiger partial charge is 0.492 e. The Bertz CT molecular complexity index is 1790. The fourth-order valence-corrected chi connectivity index (χ4v) is 4.99. The number of hydrogen-bond donors (Lipinski definition) is 1. The molecule has 1 atom stereocenters. The predicted octanol–water partition coefficient (Wildman–Crippen LogP) is 6.63. The second kappa shape index (κ2) is 16.3. The number of nitrogens with zero attached hydrogens (tertiary/aromatic N) is 2. The lowest BCUT2D eigenvalue weighted by Gasteiger charge is -2.22. The summed E-state index contributed by atoms with van der Waals surface area (Å²) in [6, 6.07) is 35.9. The lowest BCUT2D eigenvalue weighted by Crippen LogP contribution is -2.33. The van der Waals surface area contributed by atoms with E-state index in [4.69, 9.17) is 9.47 Å². The van der Waals surface area contributed by atoms with Crippen LogP contribution in [-0.2, 0) is 20.7 Å². The van der Waals surface area contributed by atoms with Crippen LogP contribution in [0.1, 0.15) is 27.0 Å². The zero-order valence-electron chi connectivity index (χ0n) is 26.0. The normalized spacial score (nSPS) is 11.4. The monoisotopic (exact) mass is 625 g/mol. The van der Waals surface area contributed by atoms with E-state index in [1.807, 2.05) is 91.0 Å². The van der Waals surface area contributed by atoms with E-state index in [1.165, 1.54) is 13.2 Å². The maximum Gasteiger partial charge on any atom is 0.328 e. The van der Waals surface area contributed by atoms with Crippen molar-refractivity contribution in [3.05, 3.63) is 162 Å². The molecule has 0 saturated carbocycles. The Morgan fingerprint density at radius 2 is 1.53 bits per heavy atom. The van der Waals surface area contributed by atoms with E-state index in [-0.39, 0.29) is 18.3 Å². The summed E-state index contributed by atoms with van der Waals surface area (Å²) >= 11 is 0. The topological polar surface area (TPSA) is 97.8 Å². The molecule has 0 spiro atoms. The first-order valence-corrected chi connectivity index (χ1v) is 15.2. The highest BCUT2D eigenvalue weighted by Gasteiger charge is 2.23. The van der Waals surface area contributed by atoms with Crippen LogP contribution in [0, 0.1) is 0 Å². The van der Waals surface area contributed by atoms with Crippen LogP contribution in [0.2, 0.25) is 0 Å². The highest BCUT2D eigenvalue weighted by atomic mass is 16.5. The number of benzene rings is 4. The Morgan fingerprint density at radius 3 is 2.23 bits per heavy atom. The average molecular weight is 626 g/mol. The van der Waals surface area contributed by atoms with E-state index >= 15 is 0 Å². The molecule has 0 unspecified atom stereocenters. The van der Waals surface area contributed by atoms with Crippen molar-refractivity contribution in [1.29, 1.82) is 0 Å². The summed E-state index contributed by atoms with van der Waals surface area (Å²) in [7, 11) is 1.34. The summed E-state index contributed by atoms with van der Waals surface area (Å²) in [5.41, 5.74) is 4.04. The van der Waals surface area contributed by atoms with Gasteiger partial charge >= 0.3 is 5.97 Å². The van der Waals surface area contributed by atoms with Gasteiger partial charge < -0.3 is 19.7 Å². The van der Waals surface area contributed by atoms with Crippen molar-refractivity contribution in [3.63, 3.8) is 0 Å². The molecule has 0 saturated heterocycles. The van der Waals surface area contributed by atoms with Crippen LogP contribution in [0.5, 0.6) is 5.75 Å². The van der Waals surface area contributed by atoms with Gasteiger partial charge in [-0.2, -0.15) is 0 Å². The number of pyridine rings is 1. The van der Waals surface area contributed by atoms with Gasteiger partial charge in [0.25, 0.3) is 5.91 Å². The number of carbonyl (C=O) groups is 3. The number of methoxy groups -OCH3 is 1. The molecule has 1 aromatic heterocycles. The molecule has 1 N–H and O–H groups in total. The van der Waals surface area contributed by atoms with Crippen molar-refractivity contribution in [2.75, 3.05) is 30.5 Å². The first kappa shape index (κ1) is 32.4. The maximum atomic E-state index is 13.2. The van der Waals surface area contributed by atoms with E-state index in [9.17, 15) is 14.4 Å². The molecule has 0 aliphatic heterocycles. The highest BCUT2D eigenvalue weighted by molar-refractivity contribution is 6.12. The van der Waals surface area contributed by atoms with E-state index in [0.29, 0.717) is 35.5 Å². The Kier molecular flexibility index (Phi) is 11.3. The summed E-state index contributed by atoms with van der Waals surface area (Å²) < 4.78 is 11.1. The number of rotatable bonds is 14. The number of amides is 1. The standard InChI is InChI=1S/C39H35N3O5/c1-46-39(45)36(41-35-17-9-8-16-34(35)38(44)31-12-4-2-5-13-31)27-29-18-21-33(22-19-29)47-26-25-42(32-14-6-3-7-15-32)37(43)23-20-30-11-10-24-40-28-30/h2-24,28,36,41H,25-27H2,1H3/b23-20+/t36-/m0/s1. The van der Waals surface area contributed by atoms with Gasteiger partial charge in [-0.3, -0.25) is 14.6 Å². The molecule has 8 heteroatoms. The van der Waals surface area contributed by atoms with Gasteiger partial charge in [0, 0.05) is 47.4 Å². The Balaban J connectivity index is 1.22. The lowest BCUT2D eigenvalue weighted by atomic mass is 10.00. The number of carbonyl (C=O) groups excluding carboxylic acids is 3. The predicted molar refractivity (Wildman–Crippen MR) is 183 cm³/mol. The summed E-state index contributed by atoms with van der Waals surface area (Å²) in [5, 5.41) is 3.23. The molecule has 5 aromatic rings. The summed E-state index contributed by atoms with van der Waals surface area (Å²) in [6.45, 7) is 0.594. The van der Waals surface area contributed by atoms with Crippen LogP contribution in [-0.4, -0.2) is 48.9 Å². The van der Waals surface area contributed by atoms with Crippen LogP contribution < -0.4 is 15.0 Å². The van der Waals surface area contributed by atoms with Crippen LogP contribution in [0.3, 0.4) is 0 Å². The smallest absolute Gasteiger partial charge is 0.328 e. The molecule has 236 valence electrons. The summed E-state index contributed by atoms with van der Waals surface area (Å²) in [4.78, 5) is 44.9. The van der Waals surface area contributed by atoms with Gasteiger partial charge in [-0.1, -0.05) is 78.9 Å². The van der Waals surface area contributed by atoms with Crippen LogP contribution in [0.15, 0.2) is 140 Å². The average Bonchev–Trinajstić information content (AvgIpc) is 3.13. The Morgan fingerprint density at radius 1 is 0.830 bits per heavy atom. The third-order valence-electron chi connectivity index (χ3n) is 7.41. The quantitative estimate of drug-likeness (QED) is 0.0840. The minimum atomic E-state index is -0.735. The van der Waals surface area contributed by atoms with Crippen molar-refractivity contribution >= 4 is 35.1 Å². The molecule has 0 radical (unpaired) electrons. The van der Waals surface area contributed by atoms with Gasteiger partial charge in [0.15, 0.2) is 5.78 Å². The van der Waals surface area contributed by atoms with Gasteiger partial charge in [-0.25, -0.2) is 4.79 Å². The number of hydrogen-bond acceptors (Lipinski definition) is 7. The molecule has 4 aromatic carbocycles. The van der Waals surface area contributed by atoms with Gasteiger partial charge in [0.05, 0.1) is 13.7 Å². The van der Waals surface area contributed by atoms with Crippen LogP contribution in [0.25, 0.3) is 6.08 Å².